The molecule has 3 heterocycles. The summed E-state index contributed by atoms with van der Waals surface area (Å²) < 4.78 is 21.0. The van der Waals surface area contributed by atoms with E-state index in [4.69, 9.17) is 9.84 Å². The van der Waals surface area contributed by atoms with Crippen LogP contribution in [0.3, 0.4) is 0 Å². The number of aromatic nitrogens is 2. The predicted molar refractivity (Wildman–Crippen MR) is 145 cm³/mol. The maximum absolute atomic E-state index is 13.8. The molecule has 0 saturated carbocycles. The highest BCUT2D eigenvalue weighted by Crippen LogP contribution is 2.29. The highest BCUT2D eigenvalue weighted by molar-refractivity contribution is 7.13. The van der Waals surface area contributed by atoms with Gasteiger partial charge in [-0.2, -0.15) is 5.10 Å². The molecule has 194 valence electrons. The zero-order chi connectivity index (χ0) is 26.6. The average Bonchev–Trinajstić information content (AvgIpc) is 3.58. The van der Waals surface area contributed by atoms with Crippen molar-refractivity contribution in [3.8, 4) is 16.3 Å². The molecule has 2 amide bonds. The molecular formula is C29H27FN4O3S. The number of rotatable bonds is 6. The first-order chi connectivity index (χ1) is 18.4. The number of carbonyl (C=O) groups is 2. The van der Waals surface area contributed by atoms with Gasteiger partial charge in [-0.1, -0.05) is 24.3 Å². The van der Waals surface area contributed by atoms with Gasteiger partial charge in [-0.05, 0) is 67.8 Å². The van der Waals surface area contributed by atoms with Crippen molar-refractivity contribution in [2.24, 2.45) is 0 Å². The van der Waals surface area contributed by atoms with Crippen LogP contribution in [0.4, 0.5) is 4.39 Å². The molecular weight excluding hydrogens is 503 g/mol. The summed E-state index contributed by atoms with van der Waals surface area (Å²) in [5.74, 6) is -1.28. The van der Waals surface area contributed by atoms with Gasteiger partial charge in [0.05, 0.1) is 22.8 Å². The molecule has 1 saturated heterocycles. The number of halogens is 1. The van der Waals surface area contributed by atoms with Gasteiger partial charge in [0.25, 0.3) is 11.8 Å². The lowest BCUT2D eigenvalue weighted by Crippen LogP contribution is -2.50. The quantitative estimate of drug-likeness (QED) is 0.350. The molecule has 1 aliphatic heterocycles. The zero-order valence-electron chi connectivity index (χ0n) is 21.0. The van der Waals surface area contributed by atoms with Crippen LogP contribution in [0.2, 0.25) is 0 Å². The van der Waals surface area contributed by atoms with Gasteiger partial charge >= 0.3 is 0 Å². The van der Waals surface area contributed by atoms with Gasteiger partial charge in [0.15, 0.2) is 0 Å². The number of benzene rings is 2. The summed E-state index contributed by atoms with van der Waals surface area (Å²) in [6, 6.07) is 18.8. The minimum Gasteiger partial charge on any atom is -0.372 e. The number of hydrogen-bond acceptors (Lipinski definition) is 5. The smallest absolute Gasteiger partial charge is 0.270 e. The standard InChI is InChI=1S/C29H27FN4O3S/c1-19-16-33(17-20(2)37-19)29(36)25(31-28(35)21-10-12-23(30)13-11-21)15-22-18-34(24-7-4-3-5-8-24)32-27(22)26-9-6-14-38-26/h3-15,18-20H,16-17H2,1-2H3,(H,31,35)/b25-15-/t19-,20-/m1/s1. The molecule has 4 aromatic rings. The van der Waals surface area contributed by atoms with E-state index in [9.17, 15) is 14.0 Å². The molecule has 2 aromatic heterocycles. The number of thiophene rings is 1. The molecule has 0 radical (unpaired) electrons. The third-order valence-corrected chi connectivity index (χ3v) is 6.99. The van der Waals surface area contributed by atoms with Crippen LogP contribution >= 0.6 is 11.3 Å². The number of hydrogen-bond donors (Lipinski definition) is 1. The fourth-order valence-corrected chi connectivity index (χ4v) is 5.16. The Hall–Kier alpha value is -4.08. The normalized spacial score (nSPS) is 17.9. The summed E-state index contributed by atoms with van der Waals surface area (Å²) >= 11 is 1.54. The van der Waals surface area contributed by atoms with Gasteiger partial charge < -0.3 is 15.0 Å². The largest absolute Gasteiger partial charge is 0.372 e. The van der Waals surface area contributed by atoms with Crippen molar-refractivity contribution in [2.75, 3.05) is 13.1 Å². The van der Waals surface area contributed by atoms with Crippen LogP contribution in [0, 0.1) is 5.82 Å². The summed E-state index contributed by atoms with van der Waals surface area (Å²) in [4.78, 5) is 29.5. The number of nitrogens with one attached hydrogen (secondary N) is 1. The zero-order valence-corrected chi connectivity index (χ0v) is 21.8. The molecule has 7 nitrogen and oxygen atoms in total. The molecule has 0 spiro atoms. The topological polar surface area (TPSA) is 76.5 Å². The van der Waals surface area contributed by atoms with Crippen LogP contribution in [-0.4, -0.2) is 51.8 Å². The molecule has 38 heavy (non-hydrogen) atoms. The van der Waals surface area contributed by atoms with Crippen molar-refractivity contribution in [3.63, 3.8) is 0 Å². The van der Waals surface area contributed by atoms with E-state index < -0.39 is 11.7 Å². The SMILES string of the molecule is C[C@@H]1CN(C(=O)/C(=C/c2cn(-c3ccccc3)nc2-c2cccs2)NC(=O)c2ccc(F)cc2)C[C@@H](C)O1. The van der Waals surface area contributed by atoms with Crippen LogP contribution in [0.25, 0.3) is 22.3 Å². The first-order valence-corrected chi connectivity index (χ1v) is 13.2. The summed E-state index contributed by atoms with van der Waals surface area (Å²) in [5.41, 5.74) is 2.57. The fourth-order valence-electron chi connectivity index (χ4n) is 4.43. The van der Waals surface area contributed by atoms with Gasteiger partial charge in [0, 0.05) is 30.4 Å². The van der Waals surface area contributed by atoms with E-state index in [1.54, 1.807) is 15.7 Å². The summed E-state index contributed by atoms with van der Waals surface area (Å²) in [5, 5.41) is 9.55. The minimum atomic E-state index is -0.507. The molecule has 2 atom stereocenters. The first kappa shape index (κ1) is 25.6. The molecule has 9 heteroatoms. The fraction of sp³-hybridized carbons (Fsp3) is 0.207. The highest BCUT2D eigenvalue weighted by Gasteiger charge is 2.29. The van der Waals surface area contributed by atoms with Gasteiger partial charge in [0.2, 0.25) is 0 Å². The second-order valence-electron chi connectivity index (χ2n) is 9.18. The number of amides is 2. The van der Waals surface area contributed by atoms with Crippen LogP contribution < -0.4 is 5.32 Å². The Morgan fingerprint density at radius 3 is 2.39 bits per heavy atom. The predicted octanol–water partition coefficient (Wildman–Crippen LogP) is 5.15. The van der Waals surface area contributed by atoms with Gasteiger partial charge in [-0.15, -0.1) is 11.3 Å². The van der Waals surface area contributed by atoms with E-state index >= 15 is 0 Å². The van der Waals surface area contributed by atoms with Crippen molar-refractivity contribution in [1.29, 1.82) is 0 Å². The average molecular weight is 531 g/mol. The molecule has 1 fully saturated rings. The van der Waals surface area contributed by atoms with Crippen molar-refractivity contribution in [3.05, 3.63) is 101 Å². The third kappa shape index (κ3) is 5.74. The van der Waals surface area contributed by atoms with Crippen LogP contribution in [0.5, 0.6) is 0 Å². The highest BCUT2D eigenvalue weighted by atomic mass is 32.1. The number of carbonyl (C=O) groups excluding carboxylic acids is 2. The van der Waals surface area contributed by atoms with Gasteiger partial charge in [-0.3, -0.25) is 9.59 Å². The molecule has 0 aliphatic carbocycles. The second kappa shape index (κ2) is 11.1. The number of ether oxygens (including phenoxy) is 1. The van der Waals surface area contributed by atoms with E-state index in [0.717, 1.165) is 10.6 Å². The number of nitrogens with zero attached hydrogens (tertiary/aromatic N) is 3. The molecule has 0 bridgehead atoms. The monoisotopic (exact) mass is 530 g/mol. The van der Waals surface area contributed by atoms with E-state index in [1.165, 1.54) is 35.6 Å². The third-order valence-electron chi connectivity index (χ3n) is 6.11. The maximum Gasteiger partial charge on any atom is 0.270 e. The lowest BCUT2D eigenvalue weighted by molar-refractivity contribution is -0.139. The van der Waals surface area contributed by atoms with E-state index in [0.29, 0.717) is 24.3 Å². The molecule has 0 unspecified atom stereocenters. The van der Waals surface area contributed by atoms with Crippen molar-refractivity contribution in [2.45, 2.75) is 26.1 Å². The van der Waals surface area contributed by atoms with E-state index in [-0.39, 0.29) is 29.4 Å². The van der Waals surface area contributed by atoms with Crippen molar-refractivity contribution >= 4 is 29.2 Å². The Kier molecular flexibility index (Phi) is 7.48. The minimum absolute atomic E-state index is 0.103. The summed E-state index contributed by atoms with van der Waals surface area (Å²) in [6.07, 6.45) is 3.22. The Bertz CT molecular complexity index is 1440. The van der Waals surface area contributed by atoms with Gasteiger partial charge in [-0.25, -0.2) is 9.07 Å². The lowest BCUT2D eigenvalue weighted by atomic mass is 10.1. The van der Waals surface area contributed by atoms with Crippen molar-refractivity contribution < 1.29 is 18.7 Å². The number of morpholine rings is 1. The molecule has 1 aliphatic rings. The Morgan fingerprint density at radius 1 is 1.03 bits per heavy atom. The number of para-hydroxylation sites is 1. The van der Waals surface area contributed by atoms with Crippen molar-refractivity contribution in [1.82, 2.24) is 20.0 Å². The van der Waals surface area contributed by atoms with Gasteiger partial charge in [0.1, 0.15) is 17.2 Å². The van der Waals surface area contributed by atoms with Crippen LogP contribution in [0.1, 0.15) is 29.8 Å². The second-order valence-corrected chi connectivity index (χ2v) is 10.1. The van der Waals surface area contributed by atoms with Crippen LogP contribution in [-0.2, 0) is 9.53 Å². The first-order valence-electron chi connectivity index (χ1n) is 12.3. The Balaban J connectivity index is 1.57. The molecule has 5 rings (SSSR count). The summed E-state index contributed by atoms with van der Waals surface area (Å²) in [7, 11) is 0. The van der Waals surface area contributed by atoms with E-state index in [1.807, 2.05) is 67.9 Å². The Labute approximate surface area is 224 Å². The van der Waals surface area contributed by atoms with E-state index in [2.05, 4.69) is 5.32 Å². The molecule has 1 N–H and O–H groups in total. The lowest BCUT2D eigenvalue weighted by Gasteiger charge is -2.35. The Morgan fingerprint density at radius 2 is 1.74 bits per heavy atom. The van der Waals surface area contributed by atoms with Crippen LogP contribution in [0.15, 0.2) is 84.0 Å². The summed E-state index contributed by atoms with van der Waals surface area (Å²) in [6.45, 7) is 4.62. The maximum atomic E-state index is 13.8. The molecule has 2 aromatic carbocycles.